The number of hydrogen-bond donors (Lipinski definition) is 2. The van der Waals surface area contributed by atoms with Crippen LogP contribution >= 0.6 is 11.3 Å². The number of anilines is 1. The van der Waals surface area contributed by atoms with Gasteiger partial charge in [0.1, 0.15) is 16.5 Å². The SMILES string of the molecule is CCNc1cnc(C(=O)NC(C)c2ncc(C)s2)cn1. The second-order valence-corrected chi connectivity index (χ2v) is 5.59. The average Bonchev–Trinajstić information content (AvgIpc) is 2.86. The predicted molar refractivity (Wildman–Crippen MR) is 78.9 cm³/mol. The Morgan fingerprint density at radius 2 is 2.10 bits per heavy atom. The summed E-state index contributed by atoms with van der Waals surface area (Å²) in [5, 5.41) is 6.78. The molecule has 2 N–H and O–H groups in total. The molecule has 0 aliphatic rings. The minimum Gasteiger partial charge on any atom is -0.369 e. The lowest BCUT2D eigenvalue weighted by atomic mass is 10.3. The van der Waals surface area contributed by atoms with Gasteiger partial charge in [-0.2, -0.15) is 0 Å². The molecule has 7 heteroatoms. The molecule has 0 saturated heterocycles. The summed E-state index contributed by atoms with van der Waals surface area (Å²) < 4.78 is 0. The maximum atomic E-state index is 12.0. The molecule has 0 aromatic carbocycles. The highest BCUT2D eigenvalue weighted by Crippen LogP contribution is 2.19. The molecule has 2 rings (SSSR count). The van der Waals surface area contributed by atoms with Gasteiger partial charge in [-0.1, -0.05) is 0 Å². The van der Waals surface area contributed by atoms with E-state index in [0.717, 1.165) is 16.4 Å². The van der Waals surface area contributed by atoms with Gasteiger partial charge in [-0.15, -0.1) is 11.3 Å². The third-order valence-corrected chi connectivity index (χ3v) is 3.70. The summed E-state index contributed by atoms with van der Waals surface area (Å²) in [4.78, 5) is 25.6. The van der Waals surface area contributed by atoms with E-state index in [2.05, 4.69) is 25.6 Å². The van der Waals surface area contributed by atoms with Crippen LogP contribution in [0.2, 0.25) is 0 Å². The summed E-state index contributed by atoms with van der Waals surface area (Å²) in [6, 6.07) is -0.142. The topological polar surface area (TPSA) is 79.8 Å². The first kappa shape index (κ1) is 14.4. The van der Waals surface area contributed by atoms with Crippen molar-refractivity contribution in [3.8, 4) is 0 Å². The Balaban J connectivity index is 2.00. The second-order valence-electron chi connectivity index (χ2n) is 4.32. The summed E-state index contributed by atoms with van der Waals surface area (Å²) >= 11 is 1.57. The quantitative estimate of drug-likeness (QED) is 0.882. The Morgan fingerprint density at radius 3 is 2.65 bits per heavy atom. The fraction of sp³-hybridized carbons (Fsp3) is 0.385. The zero-order valence-corrected chi connectivity index (χ0v) is 12.5. The number of hydrogen-bond acceptors (Lipinski definition) is 6. The first-order valence-electron chi connectivity index (χ1n) is 6.39. The van der Waals surface area contributed by atoms with E-state index in [-0.39, 0.29) is 11.9 Å². The normalized spacial score (nSPS) is 11.9. The smallest absolute Gasteiger partial charge is 0.272 e. The van der Waals surface area contributed by atoms with Crippen molar-refractivity contribution in [2.75, 3.05) is 11.9 Å². The van der Waals surface area contributed by atoms with Gasteiger partial charge in [-0.25, -0.2) is 15.0 Å². The average molecular weight is 291 g/mol. The zero-order chi connectivity index (χ0) is 14.5. The molecule has 0 radical (unpaired) electrons. The van der Waals surface area contributed by atoms with Crippen LogP contribution in [0.1, 0.15) is 40.3 Å². The van der Waals surface area contributed by atoms with Crippen molar-refractivity contribution in [2.24, 2.45) is 0 Å². The van der Waals surface area contributed by atoms with Crippen LogP contribution in [0.5, 0.6) is 0 Å². The van der Waals surface area contributed by atoms with Gasteiger partial charge in [0.05, 0.1) is 18.4 Å². The molecule has 0 spiro atoms. The third-order valence-electron chi connectivity index (χ3n) is 2.60. The first-order valence-corrected chi connectivity index (χ1v) is 7.21. The van der Waals surface area contributed by atoms with Gasteiger partial charge in [0.2, 0.25) is 0 Å². The van der Waals surface area contributed by atoms with Crippen molar-refractivity contribution in [3.05, 3.63) is 34.2 Å². The van der Waals surface area contributed by atoms with Crippen molar-refractivity contribution >= 4 is 23.1 Å². The molecule has 0 bridgehead atoms. The van der Waals surface area contributed by atoms with Crippen LogP contribution in [0.15, 0.2) is 18.6 Å². The lowest BCUT2D eigenvalue weighted by Gasteiger charge is -2.10. The van der Waals surface area contributed by atoms with Gasteiger partial charge >= 0.3 is 0 Å². The lowest BCUT2D eigenvalue weighted by Crippen LogP contribution is -2.27. The van der Waals surface area contributed by atoms with Crippen LogP contribution in [0.3, 0.4) is 0 Å². The maximum Gasteiger partial charge on any atom is 0.272 e. The molecule has 0 aliphatic heterocycles. The number of rotatable bonds is 5. The number of amides is 1. The van der Waals surface area contributed by atoms with Gasteiger partial charge in [0, 0.05) is 17.6 Å². The van der Waals surface area contributed by atoms with Crippen molar-refractivity contribution < 1.29 is 4.79 Å². The van der Waals surface area contributed by atoms with E-state index in [4.69, 9.17) is 0 Å². The van der Waals surface area contributed by atoms with E-state index in [1.807, 2.05) is 20.8 Å². The van der Waals surface area contributed by atoms with Crippen LogP contribution < -0.4 is 10.6 Å². The molecular formula is C13H17N5OS. The van der Waals surface area contributed by atoms with E-state index in [9.17, 15) is 4.79 Å². The third kappa shape index (κ3) is 3.51. The number of aryl methyl sites for hydroxylation is 1. The fourth-order valence-electron chi connectivity index (χ4n) is 1.62. The monoisotopic (exact) mass is 291 g/mol. The Bertz CT molecular complexity index is 581. The summed E-state index contributed by atoms with van der Waals surface area (Å²) in [5.74, 6) is 0.411. The van der Waals surface area contributed by atoms with Crippen molar-refractivity contribution in [1.82, 2.24) is 20.3 Å². The van der Waals surface area contributed by atoms with Gasteiger partial charge in [-0.3, -0.25) is 4.79 Å². The number of thiazole rings is 1. The van der Waals surface area contributed by atoms with E-state index < -0.39 is 0 Å². The van der Waals surface area contributed by atoms with Gasteiger partial charge in [0.15, 0.2) is 0 Å². The molecule has 0 aliphatic carbocycles. The van der Waals surface area contributed by atoms with Crippen LogP contribution in [-0.2, 0) is 0 Å². The lowest BCUT2D eigenvalue weighted by molar-refractivity contribution is 0.0934. The highest BCUT2D eigenvalue weighted by molar-refractivity contribution is 7.11. The number of carbonyl (C=O) groups is 1. The Labute approximate surface area is 121 Å². The highest BCUT2D eigenvalue weighted by Gasteiger charge is 2.15. The summed E-state index contributed by atoms with van der Waals surface area (Å²) in [6.07, 6.45) is 4.82. The molecule has 0 fully saturated rings. The highest BCUT2D eigenvalue weighted by atomic mass is 32.1. The zero-order valence-electron chi connectivity index (χ0n) is 11.7. The van der Waals surface area contributed by atoms with Gasteiger partial charge in [-0.05, 0) is 20.8 Å². The van der Waals surface area contributed by atoms with Gasteiger partial charge < -0.3 is 10.6 Å². The standard InChI is InChI=1S/C13H17N5OS/c1-4-14-11-7-15-10(6-16-11)12(19)18-9(3)13-17-5-8(2)20-13/h5-7,9H,4H2,1-3H3,(H,14,16)(H,18,19). The minimum atomic E-state index is -0.249. The van der Waals surface area contributed by atoms with Crippen molar-refractivity contribution in [2.45, 2.75) is 26.8 Å². The number of carbonyl (C=O) groups excluding carboxylic acids is 1. The van der Waals surface area contributed by atoms with E-state index in [1.165, 1.54) is 6.20 Å². The molecule has 1 atom stereocenters. The number of aromatic nitrogens is 3. The molecule has 0 saturated carbocycles. The Morgan fingerprint density at radius 1 is 1.30 bits per heavy atom. The summed E-state index contributed by atoms with van der Waals surface area (Å²) in [7, 11) is 0. The maximum absolute atomic E-state index is 12.0. The van der Waals surface area contributed by atoms with Crippen LogP contribution in [0, 0.1) is 6.92 Å². The number of nitrogens with zero attached hydrogens (tertiary/aromatic N) is 3. The van der Waals surface area contributed by atoms with E-state index in [0.29, 0.717) is 11.5 Å². The largest absolute Gasteiger partial charge is 0.369 e. The molecular weight excluding hydrogens is 274 g/mol. The van der Waals surface area contributed by atoms with Crippen LogP contribution in [0.25, 0.3) is 0 Å². The molecule has 106 valence electrons. The summed E-state index contributed by atoms with van der Waals surface area (Å²) in [5.41, 5.74) is 0.298. The molecule has 2 aromatic heterocycles. The Kier molecular flexibility index (Phi) is 4.62. The second kappa shape index (κ2) is 6.42. The first-order chi connectivity index (χ1) is 9.60. The van der Waals surface area contributed by atoms with E-state index in [1.54, 1.807) is 23.7 Å². The molecule has 6 nitrogen and oxygen atoms in total. The van der Waals surface area contributed by atoms with Gasteiger partial charge in [0.25, 0.3) is 5.91 Å². The summed E-state index contributed by atoms with van der Waals surface area (Å²) in [6.45, 7) is 6.62. The molecule has 2 aromatic rings. The van der Waals surface area contributed by atoms with E-state index >= 15 is 0 Å². The molecule has 20 heavy (non-hydrogen) atoms. The molecule has 1 amide bonds. The number of nitrogens with one attached hydrogen (secondary N) is 2. The fourth-order valence-corrected chi connectivity index (χ4v) is 2.40. The van der Waals surface area contributed by atoms with Crippen LogP contribution in [0.4, 0.5) is 5.82 Å². The molecule has 2 heterocycles. The minimum absolute atomic E-state index is 0.142. The van der Waals surface area contributed by atoms with Crippen LogP contribution in [-0.4, -0.2) is 27.4 Å². The Hall–Kier alpha value is -2.02. The van der Waals surface area contributed by atoms with Crippen molar-refractivity contribution in [3.63, 3.8) is 0 Å². The predicted octanol–water partition coefficient (Wildman–Crippen LogP) is 2.16. The van der Waals surface area contributed by atoms with Crippen molar-refractivity contribution in [1.29, 1.82) is 0 Å². The molecule has 1 unspecified atom stereocenters.